The van der Waals surface area contributed by atoms with E-state index in [9.17, 15) is 24.0 Å². The van der Waals surface area contributed by atoms with Gasteiger partial charge in [-0.25, -0.2) is 9.78 Å². The van der Waals surface area contributed by atoms with Crippen LogP contribution in [0.25, 0.3) is 11.2 Å². The molecule has 1 atom stereocenters. The zero-order chi connectivity index (χ0) is 29.1. The number of aryl methyl sites for hydroxylation is 1. The van der Waals surface area contributed by atoms with E-state index in [-0.39, 0.29) is 47.2 Å². The predicted octanol–water partition coefficient (Wildman–Crippen LogP) is 1.42. The molecule has 0 aromatic carbocycles. The van der Waals surface area contributed by atoms with Crippen molar-refractivity contribution in [3.8, 4) is 0 Å². The Morgan fingerprint density at radius 3 is 2.12 bits per heavy atom. The summed E-state index contributed by atoms with van der Waals surface area (Å²) >= 11 is 0. The average molecular weight is 560 g/mol. The molecule has 6 N–H and O–H groups in total. The summed E-state index contributed by atoms with van der Waals surface area (Å²) in [6.07, 6.45) is 7.75. The number of hydrazine groups is 1. The topological polar surface area (TPSA) is 194 Å². The Morgan fingerprint density at radius 1 is 0.975 bits per heavy atom. The number of amides is 2. The van der Waals surface area contributed by atoms with Gasteiger partial charge >= 0.3 is 11.7 Å². The van der Waals surface area contributed by atoms with Crippen molar-refractivity contribution in [2.75, 3.05) is 0 Å². The Balaban J connectivity index is 1.38. The number of aliphatic carboxylic acids is 1. The van der Waals surface area contributed by atoms with E-state index in [1.54, 1.807) is 4.57 Å². The fraction of sp³-hybridized carbons (Fsp3) is 0.704. The van der Waals surface area contributed by atoms with Crippen molar-refractivity contribution in [2.45, 2.75) is 115 Å². The number of H-pyrrole nitrogens is 1. The van der Waals surface area contributed by atoms with E-state index < -0.39 is 17.9 Å². The number of carboxylic acid groups (broad SMARTS) is 1. The lowest BCUT2D eigenvalue weighted by Crippen LogP contribution is -2.46. The largest absolute Gasteiger partial charge is 0.480 e. The van der Waals surface area contributed by atoms with Gasteiger partial charge in [-0.15, -0.1) is 0 Å². The quantitative estimate of drug-likeness (QED) is 0.241. The predicted molar refractivity (Wildman–Crippen MR) is 147 cm³/mol. The smallest absolute Gasteiger partial charge is 0.332 e. The van der Waals surface area contributed by atoms with Crippen LogP contribution in [0.15, 0.2) is 9.59 Å². The standard InChI is InChI=1S/C27H41N7O6/c1-3-15-33-21-20(22(37)34(16-4-2)25(33)40)29-24(30-21)27-12-9-26(10-13-27,11-14-27)8-7-19(36)32-31-18(35)6-5-17(28)23(38)39/h17H,3-16,28H2,1-2H3,(H,29,30)(H,31,35)(H,32,36)(H,38,39). The molecule has 2 aromatic rings. The molecule has 3 saturated carbocycles. The maximum atomic E-state index is 13.2. The fourth-order valence-electron chi connectivity index (χ4n) is 6.31. The van der Waals surface area contributed by atoms with Crippen LogP contribution in [0.3, 0.4) is 0 Å². The molecule has 40 heavy (non-hydrogen) atoms. The lowest BCUT2D eigenvalue weighted by Gasteiger charge is -2.52. The number of hydrogen-bond acceptors (Lipinski definition) is 7. The highest BCUT2D eigenvalue weighted by Crippen LogP contribution is 2.59. The van der Waals surface area contributed by atoms with E-state index in [1.165, 1.54) is 4.57 Å². The second kappa shape index (κ2) is 11.9. The summed E-state index contributed by atoms with van der Waals surface area (Å²) < 4.78 is 2.93. The first-order chi connectivity index (χ1) is 19.0. The van der Waals surface area contributed by atoms with Gasteiger partial charge in [0.25, 0.3) is 5.56 Å². The molecule has 2 amide bonds. The third-order valence-electron chi connectivity index (χ3n) is 8.88. The molecular weight excluding hydrogens is 518 g/mol. The summed E-state index contributed by atoms with van der Waals surface area (Å²) in [7, 11) is 0. The van der Waals surface area contributed by atoms with Gasteiger partial charge in [-0.2, -0.15) is 0 Å². The van der Waals surface area contributed by atoms with Crippen LogP contribution in [0.1, 0.15) is 96.7 Å². The number of aromatic nitrogens is 4. The van der Waals surface area contributed by atoms with Crippen molar-refractivity contribution in [3.63, 3.8) is 0 Å². The molecule has 3 aliphatic carbocycles. The average Bonchev–Trinajstić information content (AvgIpc) is 3.41. The summed E-state index contributed by atoms with van der Waals surface area (Å²) in [6, 6.07) is -1.12. The molecule has 2 aromatic heterocycles. The van der Waals surface area contributed by atoms with Crippen LogP contribution < -0.4 is 27.8 Å². The van der Waals surface area contributed by atoms with Gasteiger partial charge < -0.3 is 15.8 Å². The Labute approximate surface area is 231 Å². The van der Waals surface area contributed by atoms with Gasteiger partial charge in [-0.1, -0.05) is 13.8 Å². The summed E-state index contributed by atoms with van der Waals surface area (Å²) in [5.41, 5.74) is 10.2. The van der Waals surface area contributed by atoms with Gasteiger partial charge in [0.05, 0.1) is 0 Å². The molecule has 220 valence electrons. The van der Waals surface area contributed by atoms with Crippen molar-refractivity contribution in [2.24, 2.45) is 11.1 Å². The Bertz CT molecular complexity index is 1370. The lowest BCUT2D eigenvalue weighted by molar-refractivity contribution is -0.139. The van der Waals surface area contributed by atoms with Gasteiger partial charge in [0, 0.05) is 31.3 Å². The molecule has 13 nitrogen and oxygen atoms in total. The Morgan fingerprint density at radius 2 is 1.55 bits per heavy atom. The molecule has 5 rings (SSSR count). The van der Waals surface area contributed by atoms with Gasteiger partial charge in [-0.3, -0.25) is 39.2 Å². The number of nitrogens with two attached hydrogens (primary N) is 1. The first-order valence-corrected chi connectivity index (χ1v) is 14.3. The Hall–Kier alpha value is -3.48. The van der Waals surface area contributed by atoms with Crippen LogP contribution in [-0.4, -0.2) is 48.0 Å². The van der Waals surface area contributed by atoms with E-state index in [0.717, 1.165) is 50.8 Å². The second-order valence-electron chi connectivity index (χ2n) is 11.5. The minimum Gasteiger partial charge on any atom is -0.480 e. The van der Waals surface area contributed by atoms with E-state index in [2.05, 4.69) is 15.8 Å². The molecule has 2 bridgehead atoms. The van der Waals surface area contributed by atoms with E-state index >= 15 is 0 Å². The minimum absolute atomic E-state index is 0.0152. The molecule has 3 fully saturated rings. The van der Waals surface area contributed by atoms with Gasteiger partial charge in [0.2, 0.25) is 11.8 Å². The zero-order valence-corrected chi connectivity index (χ0v) is 23.4. The van der Waals surface area contributed by atoms with Crippen LogP contribution in [-0.2, 0) is 32.9 Å². The number of carbonyl (C=O) groups is 3. The molecule has 0 saturated heterocycles. The van der Waals surface area contributed by atoms with Crippen LogP contribution in [0.2, 0.25) is 0 Å². The molecule has 1 unspecified atom stereocenters. The number of carbonyl (C=O) groups excluding carboxylic acids is 2. The van der Waals surface area contributed by atoms with Crippen molar-refractivity contribution >= 4 is 28.9 Å². The molecule has 3 aliphatic rings. The number of aromatic amines is 1. The monoisotopic (exact) mass is 559 g/mol. The van der Waals surface area contributed by atoms with Crippen LogP contribution in [0.4, 0.5) is 0 Å². The van der Waals surface area contributed by atoms with Crippen molar-refractivity contribution < 1.29 is 19.5 Å². The summed E-state index contributed by atoms with van der Waals surface area (Å²) in [5, 5.41) is 8.79. The number of carboxylic acids is 1. The molecule has 0 radical (unpaired) electrons. The highest BCUT2D eigenvalue weighted by Gasteiger charge is 2.50. The SMILES string of the molecule is CCCn1c(=O)c2[nH]c(C34CCC(CCC(=O)NNC(=O)CCC(N)C(=O)O)(CC3)CC4)nc2n(CCC)c1=O. The molecular formula is C27H41N7O6. The third kappa shape index (κ3) is 5.84. The van der Waals surface area contributed by atoms with E-state index in [4.69, 9.17) is 15.8 Å². The molecule has 2 heterocycles. The minimum atomic E-state index is -1.17. The number of nitrogens with one attached hydrogen (secondary N) is 3. The maximum absolute atomic E-state index is 13.2. The molecule has 0 spiro atoms. The Kier molecular flexibility index (Phi) is 8.81. The van der Waals surface area contributed by atoms with Crippen molar-refractivity contribution in [1.29, 1.82) is 0 Å². The van der Waals surface area contributed by atoms with E-state index in [1.807, 2.05) is 13.8 Å². The van der Waals surface area contributed by atoms with Crippen molar-refractivity contribution in [3.05, 3.63) is 26.7 Å². The number of imidazole rings is 1. The number of fused-ring (bicyclic) bond motifs is 4. The highest BCUT2D eigenvalue weighted by atomic mass is 16.4. The number of rotatable bonds is 12. The first kappa shape index (κ1) is 29.5. The van der Waals surface area contributed by atoms with Crippen LogP contribution in [0.5, 0.6) is 0 Å². The van der Waals surface area contributed by atoms with Gasteiger partial charge in [0.1, 0.15) is 17.4 Å². The van der Waals surface area contributed by atoms with Gasteiger partial charge in [-0.05, 0) is 69.6 Å². The second-order valence-corrected chi connectivity index (χ2v) is 11.5. The summed E-state index contributed by atoms with van der Waals surface area (Å²) in [4.78, 5) is 69.4. The fourth-order valence-corrected chi connectivity index (χ4v) is 6.31. The lowest BCUT2D eigenvalue weighted by atomic mass is 9.52. The number of nitrogens with zero attached hydrogens (tertiary/aromatic N) is 3. The summed E-state index contributed by atoms with van der Waals surface area (Å²) in [5.74, 6) is -1.16. The normalized spacial score (nSPS) is 22.8. The maximum Gasteiger partial charge on any atom is 0.332 e. The van der Waals surface area contributed by atoms with Crippen molar-refractivity contribution in [1.82, 2.24) is 30.0 Å². The summed E-state index contributed by atoms with van der Waals surface area (Å²) in [6.45, 7) is 4.80. The van der Waals surface area contributed by atoms with Crippen LogP contribution >= 0.6 is 0 Å². The zero-order valence-electron chi connectivity index (χ0n) is 23.4. The first-order valence-electron chi connectivity index (χ1n) is 14.3. The highest BCUT2D eigenvalue weighted by molar-refractivity contribution is 5.82. The third-order valence-corrected chi connectivity index (χ3v) is 8.88. The van der Waals surface area contributed by atoms with E-state index in [0.29, 0.717) is 37.1 Å². The van der Waals surface area contributed by atoms with Gasteiger partial charge in [0.15, 0.2) is 5.65 Å². The molecule has 0 aliphatic heterocycles. The molecule has 13 heteroatoms. The van der Waals surface area contributed by atoms with Crippen LogP contribution in [0, 0.1) is 5.41 Å². The number of hydrogen-bond donors (Lipinski definition) is 5.